The highest BCUT2D eigenvalue weighted by Crippen LogP contribution is 2.30. The van der Waals surface area contributed by atoms with Crippen LogP contribution in [0.1, 0.15) is 18.8 Å². The van der Waals surface area contributed by atoms with E-state index in [4.69, 9.17) is 34.7 Å². The van der Waals surface area contributed by atoms with Crippen LogP contribution in [0.5, 0.6) is 0 Å². The number of rotatable bonds is 4. The molecule has 0 spiro atoms. The second-order valence-electron chi connectivity index (χ2n) is 6.30. The molecule has 0 radical (unpaired) electrons. The molecule has 1 aromatic carbocycles. The number of benzene rings is 1. The van der Waals surface area contributed by atoms with Gasteiger partial charge in [-0.1, -0.05) is 23.2 Å². The molecule has 0 amide bonds. The Morgan fingerprint density at radius 3 is 2.67 bits per heavy atom. The molecule has 0 aliphatic carbocycles. The average Bonchev–Trinajstić information content (AvgIpc) is 3.22. The van der Waals surface area contributed by atoms with Gasteiger partial charge in [0.25, 0.3) is 5.56 Å². The fourth-order valence-electron chi connectivity index (χ4n) is 2.98. The highest BCUT2D eigenvalue weighted by molar-refractivity contribution is 6.35. The lowest BCUT2D eigenvalue weighted by Gasteiger charge is -2.20. The van der Waals surface area contributed by atoms with Gasteiger partial charge in [-0.15, -0.1) is 0 Å². The summed E-state index contributed by atoms with van der Waals surface area (Å²) in [7, 11) is 0. The molecule has 10 nitrogen and oxygen atoms in total. The van der Waals surface area contributed by atoms with E-state index in [-0.39, 0.29) is 44.4 Å². The lowest BCUT2D eigenvalue weighted by molar-refractivity contribution is 0.631. The van der Waals surface area contributed by atoms with Crippen molar-refractivity contribution in [2.45, 2.75) is 13.0 Å². The van der Waals surface area contributed by atoms with Gasteiger partial charge in [0.2, 0.25) is 5.95 Å². The van der Waals surface area contributed by atoms with Crippen LogP contribution >= 0.6 is 23.2 Å². The Hall–Kier alpha value is -3.44. The summed E-state index contributed by atoms with van der Waals surface area (Å²) in [6.45, 7) is 1.67. The zero-order valence-corrected chi connectivity index (χ0v) is 16.8. The molecule has 0 aliphatic rings. The van der Waals surface area contributed by atoms with Gasteiger partial charge in [0.15, 0.2) is 5.82 Å². The van der Waals surface area contributed by atoms with E-state index in [9.17, 15) is 9.18 Å². The van der Waals surface area contributed by atoms with Crippen molar-refractivity contribution in [3.63, 3.8) is 0 Å². The zero-order chi connectivity index (χ0) is 21.6. The number of nitrogen functional groups attached to an aromatic ring is 2. The van der Waals surface area contributed by atoms with Crippen LogP contribution in [0.2, 0.25) is 10.0 Å². The van der Waals surface area contributed by atoms with E-state index >= 15 is 0 Å². The lowest BCUT2D eigenvalue weighted by atomic mass is 10.2. The fraction of sp³-hybridized carbons (Fsp3) is 0.118. The van der Waals surface area contributed by atoms with Gasteiger partial charge in [0.05, 0.1) is 22.6 Å². The third-order valence-corrected chi connectivity index (χ3v) is 5.00. The van der Waals surface area contributed by atoms with E-state index in [1.54, 1.807) is 13.0 Å². The Morgan fingerprint density at radius 1 is 1.20 bits per heavy atom. The predicted molar refractivity (Wildman–Crippen MR) is 112 cm³/mol. The van der Waals surface area contributed by atoms with Crippen LogP contribution in [0, 0.1) is 5.82 Å². The highest BCUT2D eigenvalue weighted by atomic mass is 35.5. The fourth-order valence-corrected chi connectivity index (χ4v) is 3.35. The standard InChI is InChI=1S/C17H14Cl2FN9O/c1-6(24-14-11(19)13(21)26-17(22)27-14)15-25-12-8(20)3-2-7(18)10(12)16(30)29(15)9-4-5-23-28-9/h2-6H,1H3,(H,23,28)(H5,21,22,24,26,27). The predicted octanol–water partition coefficient (Wildman–Crippen LogP) is 2.68. The van der Waals surface area contributed by atoms with Crippen molar-refractivity contribution in [2.75, 3.05) is 16.8 Å². The van der Waals surface area contributed by atoms with E-state index in [0.29, 0.717) is 5.82 Å². The summed E-state index contributed by atoms with van der Waals surface area (Å²) >= 11 is 12.3. The van der Waals surface area contributed by atoms with Crippen molar-refractivity contribution in [1.29, 1.82) is 0 Å². The molecular formula is C17H14Cl2FN9O. The second-order valence-corrected chi connectivity index (χ2v) is 7.09. The first kappa shape index (κ1) is 19.9. The minimum Gasteiger partial charge on any atom is -0.382 e. The maximum atomic E-state index is 14.5. The summed E-state index contributed by atoms with van der Waals surface area (Å²) in [5.41, 5.74) is 10.6. The second kappa shape index (κ2) is 7.43. The molecule has 3 aromatic heterocycles. The summed E-state index contributed by atoms with van der Waals surface area (Å²) in [5, 5.41) is 9.60. The maximum Gasteiger partial charge on any atom is 0.268 e. The van der Waals surface area contributed by atoms with Crippen LogP contribution in [0.25, 0.3) is 16.7 Å². The first-order valence-corrected chi connectivity index (χ1v) is 9.29. The molecule has 1 unspecified atom stereocenters. The molecule has 13 heteroatoms. The number of aromatic nitrogens is 6. The summed E-state index contributed by atoms with van der Waals surface area (Å²) in [6.07, 6.45) is 1.46. The molecule has 0 saturated heterocycles. The van der Waals surface area contributed by atoms with Gasteiger partial charge in [-0.25, -0.2) is 13.9 Å². The third-order valence-electron chi connectivity index (χ3n) is 4.31. The number of nitrogens with zero attached hydrogens (tertiary/aromatic N) is 5. The Bertz CT molecular complexity index is 1320. The number of hydrogen-bond donors (Lipinski definition) is 4. The maximum absolute atomic E-state index is 14.5. The number of nitrogens with two attached hydrogens (primary N) is 2. The number of halogens is 3. The smallest absolute Gasteiger partial charge is 0.268 e. The number of hydrogen-bond acceptors (Lipinski definition) is 8. The molecule has 1 atom stereocenters. The first-order valence-electron chi connectivity index (χ1n) is 8.53. The van der Waals surface area contributed by atoms with Gasteiger partial charge in [-0.2, -0.15) is 15.1 Å². The van der Waals surface area contributed by atoms with Crippen LogP contribution in [0.15, 0.2) is 29.2 Å². The van der Waals surface area contributed by atoms with Crippen molar-refractivity contribution in [1.82, 2.24) is 29.7 Å². The molecule has 3 heterocycles. The minimum absolute atomic E-state index is 0.0193. The van der Waals surface area contributed by atoms with Crippen LogP contribution in [-0.2, 0) is 0 Å². The zero-order valence-electron chi connectivity index (χ0n) is 15.3. The Balaban J connectivity index is 1.95. The number of anilines is 3. The van der Waals surface area contributed by atoms with Gasteiger partial charge >= 0.3 is 0 Å². The van der Waals surface area contributed by atoms with Crippen LogP contribution in [0.4, 0.5) is 22.0 Å². The number of fused-ring (bicyclic) bond motifs is 1. The quantitative estimate of drug-likeness (QED) is 0.370. The summed E-state index contributed by atoms with van der Waals surface area (Å²) in [4.78, 5) is 25.4. The Labute approximate surface area is 178 Å². The normalized spacial score (nSPS) is 12.3. The molecule has 4 rings (SSSR count). The van der Waals surface area contributed by atoms with Crippen LogP contribution in [-0.4, -0.2) is 29.7 Å². The van der Waals surface area contributed by atoms with Crippen LogP contribution in [0.3, 0.4) is 0 Å². The van der Waals surface area contributed by atoms with E-state index in [1.165, 1.54) is 16.8 Å². The molecule has 154 valence electrons. The van der Waals surface area contributed by atoms with Crippen molar-refractivity contribution >= 4 is 51.7 Å². The molecule has 0 fully saturated rings. The first-order chi connectivity index (χ1) is 14.3. The molecular weight excluding hydrogens is 436 g/mol. The van der Waals surface area contributed by atoms with Crippen LogP contribution < -0.4 is 22.3 Å². The number of nitrogens with one attached hydrogen (secondary N) is 2. The van der Waals surface area contributed by atoms with Gasteiger partial charge in [0.1, 0.15) is 33.8 Å². The Morgan fingerprint density at radius 2 is 1.97 bits per heavy atom. The van der Waals surface area contributed by atoms with E-state index in [0.717, 1.165) is 6.07 Å². The molecule has 0 saturated carbocycles. The molecule has 0 bridgehead atoms. The SMILES string of the molecule is CC(Nc1nc(N)nc(N)c1Cl)c1nc2c(F)ccc(Cl)c2c(=O)n1-c1ccn[nH]1. The summed E-state index contributed by atoms with van der Waals surface area (Å²) in [6, 6.07) is 3.30. The monoisotopic (exact) mass is 449 g/mol. The minimum atomic E-state index is -0.699. The lowest BCUT2D eigenvalue weighted by Crippen LogP contribution is -2.28. The van der Waals surface area contributed by atoms with Crippen molar-refractivity contribution in [3.8, 4) is 5.82 Å². The largest absolute Gasteiger partial charge is 0.382 e. The van der Waals surface area contributed by atoms with Crippen molar-refractivity contribution < 1.29 is 4.39 Å². The highest BCUT2D eigenvalue weighted by Gasteiger charge is 2.23. The molecule has 0 aliphatic heterocycles. The summed E-state index contributed by atoms with van der Waals surface area (Å²) < 4.78 is 15.7. The van der Waals surface area contributed by atoms with Gasteiger partial charge in [0, 0.05) is 6.07 Å². The van der Waals surface area contributed by atoms with Crippen molar-refractivity contribution in [3.05, 3.63) is 56.4 Å². The van der Waals surface area contributed by atoms with E-state index in [2.05, 4.69) is 30.5 Å². The molecule has 4 aromatic rings. The Kier molecular flexibility index (Phi) is 4.92. The van der Waals surface area contributed by atoms with E-state index < -0.39 is 17.4 Å². The third kappa shape index (κ3) is 3.27. The number of H-pyrrole nitrogens is 1. The number of aromatic amines is 1. The molecule has 30 heavy (non-hydrogen) atoms. The molecule has 6 N–H and O–H groups in total. The topological polar surface area (TPSA) is 153 Å². The summed E-state index contributed by atoms with van der Waals surface area (Å²) in [5.74, 6) is -0.219. The van der Waals surface area contributed by atoms with E-state index in [1.807, 2.05) is 0 Å². The van der Waals surface area contributed by atoms with Gasteiger partial charge < -0.3 is 16.8 Å². The van der Waals surface area contributed by atoms with Gasteiger partial charge in [-0.05, 0) is 19.1 Å². The van der Waals surface area contributed by atoms with Crippen molar-refractivity contribution in [2.24, 2.45) is 0 Å². The van der Waals surface area contributed by atoms with Gasteiger partial charge in [-0.3, -0.25) is 9.89 Å². The average molecular weight is 450 g/mol.